The van der Waals surface area contributed by atoms with Gasteiger partial charge in [0.1, 0.15) is 0 Å². The lowest BCUT2D eigenvalue weighted by atomic mass is 10.2. The fraction of sp³-hybridized carbons (Fsp3) is 1.00. The third-order valence-electron chi connectivity index (χ3n) is 1.97. The van der Waals surface area contributed by atoms with Gasteiger partial charge in [-0.05, 0) is 12.8 Å². The SMILES string of the molecule is C1C[C@H]2CSC[C@@H]1N2. The first kappa shape index (κ1) is 5.12. The van der Waals surface area contributed by atoms with Crippen LogP contribution in [0.2, 0.25) is 0 Å². The molecule has 0 unspecified atom stereocenters. The van der Waals surface area contributed by atoms with E-state index in [0.29, 0.717) is 0 Å². The second kappa shape index (κ2) is 1.92. The maximum atomic E-state index is 3.57. The van der Waals surface area contributed by atoms with Crippen molar-refractivity contribution in [2.75, 3.05) is 11.5 Å². The molecule has 46 valence electrons. The number of rotatable bonds is 0. The Kier molecular flexibility index (Phi) is 1.23. The van der Waals surface area contributed by atoms with Gasteiger partial charge in [0, 0.05) is 23.6 Å². The molecule has 1 N–H and O–H groups in total. The van der Waals surface area contributed by atoms with Crippen molar-refractivity contribution in [3.8, 4) is 0 Å². The quantitative estimate of drug-likeness (QED) is 0.520. The van der Waals surface area contributed by atoms with Gasteiger partial charge in [0.25, 0.3) is 0 Å². The van der Waals surface area contributed by atoms with Crippen LogP contribution in [-0.4, -0.2) is 23.6 Å². The Labute approximate surface area is 54.2 Å². The van der Waals surface area contributed by atoms with Crippen LogP contribution in [0.5, 0.6) is 0 Å². The van der Waals surface area contributed by atoms with Crippen LogP contribution in [0.15, 0.2) is 0 Å². The molecule has 0 aromatic carbocycles. The third kappa shape index (κ3) is 0.759. The van der Waals surface area contributed by atoms with Crippen molar-refractivity contribution in [1.29, 1.82) is 0 Å². The first-order valence-corrected chi connectivity index (χ1v) is 4.44. The fourth-order valence-electron chi connectivity index (χ4n) is 1.52. The highest BCUT2D eigenvalue weighted by Gasteiger charge is 2.27. The Balaban J connectivity index is 2.03. The van der Waals surface area contributed by atoms with Gasteiger partial charge in [0.05, 0.1) is 0 Å². The number of fused-ring (bicyclic) bond motifs is 2. The monoisotopic (exact) mass is 129 g/mol. The van der Waals surface area contributed by atoms with Gasteiger partial charge < -0.3 is 5.32 Å². The molecule has 0 spiro atoms. The Morgan fingerprint density at radius 2 is 1.75 bits per heavy atom. The normalized spacial score (nSPS) is 45.0. The number of thioether (sulfide) groups is 1. The molecule has 0 radical (unpaired) electrons. The molecule has 2 aliphatic heterocycles. The highest BCUT2D eigenvalue weighted by Crippen LogP contribution is 2.24. The molecule has 2 fully saturated rings. The van der Waals surface area contributed by atoms with Crippen LogP contribution in [0.3, 0.4) is 0 Å². The lowest BCUT2D eigenvalue weighted by molar-refractivity contribution is 0.592. The van der Waals surface area contributed by atoms with Gasteiger partial charge in [-0.1, -0.05) is 0 Å². The van der Waals surface area contributed by atoms with E-state index in [1.54, 1.807) is 0 Å². The molecule has 2 atom stereocenters. The largest absolute Gasteiger partial charge is 0.310 e. The summed E-state index contributed by atoms with van der Waals surface area (Å²) >= 11 is 2.11. The first-order valence-electron chi connectivity index (χ1n) is 3.29. The summed E-state index contributed by atoms with van der Waals surface area (Å²) in [6.07, 6.45) is 2.86. The van der Waals surface area contributed by atoms with Crippen LogP contribution in [0.4, 0.5) is 0 Å². The minimum Gasteiger partial charge on any atom is -0.310 e. The van der Waals surface area contributed by atoms with Crippen LogP contribution in [0.25, 0.3) is 0 Å². The lowest BCUT2D eigenvalue weighted by Crippen LogP contribution is -2.36. The molecule has 2 heteroatoms. The molecule has 2 bridgehead atoms. The summed E-state index contributed by atoms with van der Waals surface area (Å²) in [7, 11) is 0. The zero-order valence-electron chi connectivity index (χ0n) is 4.89. The predicted molar refractivity (Wildman–Crippen MR) is 37.3 cm³/mol. The van der Waals surface area contributed by atoms with E-state index < -0.39 is 0 Å². The lowest BCUT2D eigenvalue weighted by Gasteiger charge is -2.19. The molecule has 0 aromatic heterocycles. The Morgan fingerprint density at radius 1 is 1.12 bits per heavy atom. The van der Waals surface area contributed by atoms with Gasteiger partial charge >= 0.3 is 0 Å². The molecule has 2 heterocycles. The summed E-state index contributed by atoms with van der Waals surface area (Å²) in [6.45, 7) is 0. The van der Waals surface area contributed by atoms with Crippen LogP contribution in [-0.2, 0) is 0 Å². The minimum atomic E-state index is 0.874. The number of hydrogen-bond donors (Lipinski definition) is 1. The highest BCUT2D eigenvalue weighted by atomic mass is 32.2. The molecule has 0 saturated carbocycles. The van der Waals surface area contributed by atoms with E-state index in [2.05, 4.69) is 17.1 Å². The summed E-state index contributed by atoms with van der Waals surface area (Å²) in [6, 6.07) is 1.75. The molecule has 8 heavy (non-hydrogen) atoms. The maximum absolute atomic E-state index is 3.57. The van der Waals surface area contributed by atoms with E-state index in [1.807, 2.05) is 0 Å². The molecule has 2 rings (SSSR count). The Bertz CT molecular complexity index is 80.5. The van der Waals surface area contributed by atoms with Crippen LogP contribution < -0.4 is 5.32 Å². The van der Waals surface area contributed by atoms with Gasteiger partial charge in [-0.2, -0.15) is 11.8 Å². The van der Waals surface area contributed by atoms with E-state index >= 15 is 0 Å². The van der Waals surface area contributed by atoms with E-state index in [0.717, 1.165) is 12.1 Å². The maximum Gasteiger partial charge on any atom is 0.0161 e. The van der Waals surface area contributed by atoms with Crippen molar-refractivity contribution in [3.63, 3.8) is 0 Å². The molecule has 0 aromatic rings. The van der Waals surface area contributed by atoms with Crippen molar-refractivity contribution in [3.05, 3.63) is 0 Å². The summed E-state index contributed by atoms with van der Waals surface area (Å²) in [5.41, 5.74) is 0. The second-order valence-corrected chi connectivity index (χ2v) is 3.75. The highest BCUT2D eigenvalue weighted by molar-refractivity contribution is 7.99. The van der Waals surface area contributed by atoms with Gasteiger partial charge in [-0.15, -0.1) is 0 Å². The van der Waals surface area contributed by atoms with Crippen molar-refractivity contribution in [2.45, 2.75) is 24.9 Å². The van der Waals surface area contributed by atoms with Gasteiger partial charge in [-0.25, -0.2) is 0 Å². The summed E-state index contributed by atoms with van der Waals surface area (Å²) in [5.74, 6) is 2.72. The minimum absolute atomic E-state index is 0.874. The Hall–Kier alpha value is 0.310. The predicted octanol–water partition coefficient (Wildman–Crippen LogP) is 0.854. The number of nitrogens with one attached hydrogen (secondary N) is 1. The third-order valence-corrected chi connectivity index (χ3v) is 3.25. The van der Waals surface area contributed by atoms with Crippen molar-refractivity contribution in [2.24, 2.45) is 0 Å². The van der Waals surface area contributed by atoms with E-state index in [-0.39, 0.29) is 0 Å². The summed E-state index contributed by atoms with van der Waals surface area (Å²) in [4.78, 5) is 0. The van der Waals surface area contributed by atoms with E-state index in [9.17, 15) is 0 Å². The van der Waals surface area contributed by atoms with Crippen LogP contribution in [0.1, 0.15) is 12.8 Å². The summed E-state index contributed by atoms with van der Waals surface area (Å²) in [5, 5.41) is 3.57. The number of hydrogen-bond acceptors (Lipinski definition) is 2. The van der Waals surface area contributed by atoms with Crippen molar-refractivity contribution in [1.82, 2.24) is 5.32 Å². The topological polar surface area (TPSA) is 12.0 Å². The second-order valence-electron chi connectivity index (χ2n) is 2.68. The molecule has 2 saturated heterocycles. The fourth-order valence-corrected chi connectivity index (χ4v) is 2.75. The average molecular weight is 129 g/mol. The molecule has 0 amide bonds. The molecule has 1 nitrogen and oxygen atoms in total. The van der Waals surface area contributed by atoms with Crippen molar-refractivity contribution >= 4 is 11.8 Å². The van der Waals surface area contributed by atoms with Gasteiger partial charge in [0.15, 0.2) is 0 Å². The first-order chi connectivity index (χ1) is 3.95. The van der Waals surface area contributed by atoms with Crippen LogP contribution in [0, 0.1) is 0 Å². The Morgan fingerprint density at radius 3 is 2.25 bits per heavy atom. The average Bonchev–Trinajstić information content (AvgIpc) is 2.12. The molecular formula is C6H11NS. The zero-order valence-corrected chi connectivity index (χ0v) is 5.71. The zero-order chi connectivity index (χ0) is 5.40. The van der Waals surface area contributed by atoms with E-state index in [4.69, 9.17) is 0 Å². The smallest absolute Gasteiger partial charge is 0.0161 e. The van der Waals surface area contributed by atoms with Crippen LogP contribution >= 0.6 is 11.8 Å². The van der Waals surface area contributed by atoms with E-state index in [1.165, 1.54) is 24.3 Å². The molecule has 2 aliphatic rings. The standard InChI is InChI=1S/C6H11NS/c1-2-6-4-8-3-5(1)7-6/h5-7H,1-4H2/t5-,6+. The molecule has 0 aliphatic carbocycles. The molecular weight excluding hydrogens is 118 g/mol. The van der Waals surface area contributed by atoms with Gasteiger partial charge in [0.2, 0.25) is 0 Å². The van der Waals surface area contributed by atoms with Gasteiger partial charge in [-0.3, -0.25) is 0 Å². The van der Waals surface area contributed by atoms with Crippen molar-refractivity contribution < 1.29 is 0 Å². The summed E-state index contributed by atoms with van der Waals surface area (Å²) < 4.78 is 0.